The number of hydrogen-bond donors (Lipinski definition) is 1. The normalized spacial score (nSPS) is 20.4. The summed E-state index contributed by atoms with van der Waals surface area (Å²) < 4.78 is 0. The summed E-state index contributed by atoms with van der Waals surface area (Å²) in [5.41, 5.74) is 4.95. The number of aromatic amines is 1. The van der Waals surface area contributed by atoms with Crippen LogP contribution in [0.25, 0.3) is 16.6 Å². The van der Waals surface area contributed by atoms with Gasteiger partial charge >= 0.3 is 0 Å². The van der Waals surface area contributed by atoms with E-state index in [1.165, 1.54) is 17.6 Å². The Morgan fingerprint density at radius 2 is 2.28 bits per heavy atom. The predicted octanol–water partition coefficient (Wildman–Crippen LogP) is 3.06. The third-order valence-corrected chi connectivity index (χ3v) is 3.89. The van der Waals surface area contributed by atoms with Crippen LogP contribution in [0.15, 0.2) is 30.6 Å². The highest BCUT2D eigenvalue weighted by Crippen LogP contribution is 2.31. The highest BCUT2D eigenvalue weighted by molar-refractivity contribution is 5.89. The third-order valence-electron chi connectivity index (χ3n) is 3.89. The molecular weight excluding hydrogens is 222 g/mol. The van der Waals surface area contributed by atoms with E-state index in [1.807, 2.05) is 12.3 Å². The second-order valence-electron chi connectivity index (χ2n) is 5.22. The van der Waals surface area contributed by atoms with E-state index in [-0.39, 0.29) is 0 Å². The van der Waals surface area contributed by atoms with E-state index in [0.29, 0.717) is 6.04 Å². The van der Waals surface area contributed by atoms with E-state index < -0.39 is 0 Å². The first kappa shape index (κ1) is 11.5. The molecule has 0 radical (unpaired) electrons. The molecule has 2 aromatic rings. The highest BCUT2D eigenvalue weighted by atomic mass is 15.1. The fourth-order valence-corrected chi connectivity index (χ4v) is 2.73. The molecule has 2 aromatic heterocycles. The van der Waals surface area contributed by atoms with Gasteiger partial charge in [0.25, 0.3) is 0 Å². The molecule has 18 heavy (non-hydrogen) atoms. The quantitative estimate of drug-likeness (QED) is 0.876. The Kier molecular flexibility index (Phi) is 2.92. The van der Waals surface area contributed by atoms with Gasteiger partial charge in [0.05, 0.1) is 11.0 Å². The lowest BCUT2D eigenvalue weighted by Gasteiger charge is -2.27. The van der Waals surface area contributed by atoms with E-state index in [9.17, 15) is 0 Å². The monoisotopic (exact) mass is 241 g/mol. The van der Waals surface area contributed by atoms with Crippen LogP contribution >= 0.6 is 0 Å². The lowest BCUT2D eigenvalue weighted by Crippen LogP contribution is -2.28. The van der Waals surface area contributed by atoms with E-state index in [0.717, 1.165) is 23.9 Å². The SMILES string of the molecule is CN(C)C1CC=C(c2c[nH]c3cccnc23)CC1. The van der Waals surface area contributed by atoms with Crippen LogP contribution in [0.1, 0.15) is 24.8 Å². The van der Waals surface area contributed by atoms with Crippen LogP contribution < -0.4 is 0 Å². The summed E-state index contributed by atoms with van der Waals surface area (Å²) >= 11 is 0. The summed E-state index contributed by atoms with van der Waals surface area (Å²) in [5.74, 6) is 0. The largest absolute Gasteiger partial charge is 0.359 e. The van der Waals surface area contributed by atoms with Crippen LogP contribution in [0, 0.1) is 0 Å². The molecule has 2 heterocycles. The predicted molar refractivity (Wildman–Crippen MR) is 75.4 cm³/mol. The number of hydrogen-bond acceptors (Lipinski definition) is 2. The van der Waals surface area contributed by atoms with Crippen LogP contribution in [-0.2, 0) is 0 Å². The molecule has 1 aliphatic carbocycles. The van der Waals surface area contributed by atoms with Gasteiger partial charge in [-0.15, -0.1) is 0 Å². The van der Waals surface area contributed by atoms with Gasteiger partial charge in [0.15, 0.2) is 0 Å². The van der Waals surface area contributed by atoms with Gasteiger partial charge < -0.3 is 9.88 Å². The zero-order valence-electron chi connectivity index (χ0n) is 11.0. The Balaban J connectivity index is 1.92. The van der Waals surface area contributed by atoms with Gasteiger partial charge in [-0.2, -0.15) is 0 Å². The minimum absolute atomic E-state index is 0.687. The third kappa shape index (κ3) is 1.95. The molecule has 0 aromatic carbocycles. The molecule has 1 atom stereocenters. The molecule has 3 nitrogen and oxygen atoms in total. The Bertz CT molecular complexity index is 580. The van der Waals surface area contributed by atoms with E-state index >= 15 is 0 Å². The van der Waals surface area contributed by atoms with Crippen molar-refractivity contribution in [3.05, 3.63) is 36.2 Å². The smallest absolute Gasteiger partial charge is 0.0953 e. The van der Waals surface area contributed by atoms with Crippen molar-refractivity contribution in [3.63, 3.8) is 0 Å². The van der Waals surface area contributed by atoms with Crippen LogP contribution in [0.5, 0.6) is 0 Å². The molecule has 1 unspecified atom stereocenters. The molecule has 1 N–H and O–H groups in total. The molecular formula is C15H19N3. The van der Waals surface area contributed by atoms with Crippen molar-refractivity contribution >= 4 is 16.6 Å². The molecule has 0 bridgehead atoms. The van der Waals surface area contributed by atoms with Gasteiger partial charge in [-0.25, -0.2) is 0 Å². The Labute approximate surface area is 108 Å². The zero-order chi connectivity index (χ0) is 12.5. The number of allylic oxidation sites excluding steroid dienone is 1. The summed E-state index contributed by atoms with van der Waals surface area (Å²) in [6.45, 7) is 0. The van der Waals surface area contributed by atoms with E-state index in [2.05, 4.69) is 47.3 Å². The molecule has 0 saturated carbocycles. The number of fused-ring (bicyclic) bond motifs is 1. The molecule has 0 saturated heterocycles. The highest BCUT2D eigenvalue weighted by Gasteiger charge is 2.18. The Morgan fingerprint density at radius 3 is 3.00 bits per heavy atom. The summed E-state index contributed by atoms with van der Waals surface area (Å²) in [4.78, 5) is 10.1. The van der Waals surface area contributed by atoms with Crippen molar-refractivity contribution in [1.29, 1.82) is 0 Å². The van der Waals surface area contributed by atoms with Gasteiger partial charge in [0.1, 0.15) is 0 Å². The molecule has 1 aliphatic rings. The van der Waals surface area contributed by atoms with Crippen molar-refractivity contribution in [2.24, 2.45) is 0 Å². The summed E-state index contributed by atoms with van der Waals surface area (Å²) in [6, 6.07) is 4.74. The number of pyridine rings is 1. The van der Waals surface area contributed by atoms with E-state index in [4.69, 9.17) is 0 Å². The molecule has 94 valence electrons. The molecule has 3 heteroatoms. The summed E-state index contributed by atoms with van der Waals surface area (Å²) in [5, 5.41) is 0. The van der Waals surface area contributed by atoms with Crippen LogP contribution in [0.2, 0.25) is 0 Å². The maximum absolute atomic E-state index is 4.49. The Hall–Kier alpha value is -1.61. The molecule has 0 aliphatic heterocycles. The lowest BCUT2D eigenvalue weighted by atomic mass is 9.91. The zero-order valence-corrected chi connectivity index (χ0v) is 11.0. The van der Waals surface area contributed by atoms with Gasteiger partial charge in [-0.05, 0) is 51.1 Å². The summed E-state index contributed by atoms with van der Waals surface area (Å²) in [7, 11) is 4.33. The van der Waals surface area contributed by atoms with Gasteiger partial charge in [0, 0.05) is 24.0 Å². The van der Waals surface area contributed by atoms with Gasteiger partial charge in [0.2, 0.25) is 0 Å². The van der Waals surface area contributed by atoms with Crippen molar-refractivity contribution in [1.82, 2.24) is 14.9 Å². The first-order chi connectivity index (χ1) is 8.75. The number of H-pyrrole nitrogens is 1. The first-order valence-electron chi connectivity index (χ1n) is 6.53. The van der Waals surface area contributed by atoms with Gasteiger partial charge in [-0.3, -0.25) is 4.98 Å². The second-order valence-corrected chi connectivity index (χ2v) is 5.22. The van der Waals surface area contributed by atoms with E-state index in [1.54, 1.807) is 0 Å². The lowest BCUT2D eigenvalue weighted by molar-refractivity contribution is 0.278. The summed E-state index contributed by atoms with van der Waals surface area (Å²) in [6.07, 6.45) is 9.86. The molecule has 0 amide bonds. The van der Waals surface area contributed by atoms with Crippen molar-refractivity contribution in [3.8, 4) is 0 Å². The maximum Gasteiger partial charge on any atom is 0.0953 e. The first-order valence-corrected chi connectivity index (χ1v) is 6.53. The maximum atomic E-state index is 4.49. The number of nitrogens with one attached hydrogen (secondary N) is 1. The van der Waals surface area contributed by atoms with Crippen molar-refractivity contribution in [2.45, 2.75) is 25.3 Å². The van der Waals surface area contributed by atoms with Gasteiger partial charge in [-0.1, -0.05) is 6.08 Å². The average Bonchev–Trinajstić information content (AvgIpc) is 2.82. The molecule has 3 rings (SSSR count). The standard InChI is InChI=1S/C15H19N3/c1-18(2)12-7-5-11(6-8-12)13-10-17-14-4-3-9-16-15(13)14/h3-5,9-10,12,17H,6-8H2,1-2H3. The fourth-order valence-electron chi connectivity index (χ4n) is 2.73. The minimum Gasteiger partial charge on any atom is -0.359 e. The number of aromatic nitrogens is 2. The second kappa shape index (κ2) is 4.58. The molecule has 0 spiro atoms. The fraction of sp³-hybridized carbons (Fsp3) is 0.400. The topological polar surface area (TPSA) is 31.9 Å². The number of nitrogens with zero attached hydrogens (tertiary/aromatic N) is 2. The minimum atomic E-state index is 0.687. The van der Waals surface area contributed by atoms with Crippen LogP contribution in [0.4, 0.5) is 0 Å². The molecule has 0 fully saturated rings. The Morgan fingerprint density at radius 1 is 1.39 bits per heavy atom. The van der Waals surface area contributed by atoms with Crippen molar-refractivity contribution < 1.29 is 0 Å². The van der Waals surface area contributed by atoms with Crippen molar-refractivity contribution in [2.75, 3.05) is 14.1 Å². The van der Waals surface area contributed by atoms with Crippen LogP contribution in [0.3, 0.4) is 0 Å². The van der Waals surface area contributed by atoms with Crippen LogP contribution in [-0.4, -0.2) is 35.0 Å². The number of rotatable bonds is 2. The average molecular weight is 241 g/mol.